The number of aromatic amines is 1. The minimum atomic E-state index is -4.82. The highest BCUT2D eigenvalue weighted by Crippen LogP contribution is 2.24. The first-order chi connectivity index (χ1) is 7.39. The molecule has 5 nitrogen and oxygen atoms in total. The standard InChI is InChI=1S/C7H4F4N4O/c8-5(9)7(10,11)6(16)14-4-3(1-12)2-13-15-4/h2,5H,(H2,13,14,15,16). The normalized spacial score (nSPS) is 11.2. The highest BCUT2D eigenvalue weighted by Gasteiger charge is 2.49. The molecule has 1 amide bonds. The number of nitrogens with one attached hydrogen (secondary N) is 2. The maximum atomic E-state index is 12.5. The second-order valence-corrected chi connectivity index (χ2v) is 2.65. The molecular formula is C7H4F4N4O. The van der Waals surface area contributed by atoms with E-state index in [1.807, 2.05) is 5.10 Å². The van der Waals surface area contributed by atoms with E-state index in [9.17, 15) is 22.4 Å². The summed E-state index contributed by atoms with van der Waals surface area (Å²) in [5, 5.41) is 15.2. The molecule has 1 aromatic heterocycles. The van der Waals surface area contributed by atoms with Gasteiger partial charge in [0.05, 0.1) is 6.20 Å². The molecule has 0 radical (unpaired) electrons. The summed E-state index contributed by atoms with van der Waals surface area (Å²) in [5.74, 6) is -7.48. The number of rotatable bonds is 3. The number of hydrogen-bond donors (Lipinski definition) is 2. The number of alkyl halides is 4. The molecule has 0 bridgehead atoms. The predicted octanol–water partition coefficient (Wildman–Crippen LogP) is 1.12. The molecule has 16 heavy (non-hydrogen) atoms. The Morgan fingerprint density at radius 1 is 1.62 bits per heavy atom. The molecule has 0 aliphatic rings. The number of nitrogens with zero attached hydrogens (tertiary/aromatic N) is 2. The Morgan fingerprint density at radius 3 is 2.75 bits per heavy atom. The van der Waals surface area contributed by atoms with Crippen LogP contribution in [0.3, 0.4) is 0 Å². The fraction of sp³-hybridized carbons (Fsp3) is 0.286. The second-order valence-electron chi connectivity index (χ2n) is 2.65. The number of H-pyrrole nitrogens is 1. The smallest absolute Gasteiger partial charge is 0.304 e. The van der Waals surface area contributed by atoms with Crippen molar-refractivity contribution in [2.24, 2.45) is 0 Å². The van der Waals surface area contributed by atoms with Crippen molar-refractivity contribution < 1.29 is 22.4 Å². The summed E-state index contributed by atoms with van der Waals surface area (Å²) < 4.78 is 48.5. The molecule has 0 aromatic carbocycles. The van der Waals surface area contributed by atoms with Crippen LogP contribution in [0.5, 0.6) is 0 Å². The van der Waals surface area contributed by atoms with E-state index in [0.717, 1.165) is 6.20 Å². The fourth-order valence-corrected chi connectivity index (χ4v) is 0.762. The van der Waals surface area contributed by atoms with E-state index in [2.05, 4.69) is 5.10 Å². The molecule has 1 aromatic rings. The quantitative estimate of drug-likeness (QED) is 0.771. The van der Waals surface area contributed by atoms with Crippen molar-refractivity contribution in [1.82, 2.24) is 10.2 Å². The minimum absolute atomic E-state index is 0.238. The van der Waals surface area contributed by atoms with Crippen LogP contribution < -0.4 is 5.32 Å². The average molecular weight is 236 g/mol. The first-order valence-electron chi connectivity index (χ1n) is 3.80. The Labute approximate surface area is 86.1 Å². The molecule has 0 aliphatic heterocycles. The van der Waals surface area contributed by atoms with Crippen molar-refractivity contribution in [3.05, 3.63) is 11.8 Å². The van der Waals surface area contributed by atoms with Crippen LogP contribution in [-0.4, -0.2) is 28.5 Å². The summed E-state index contributed by atoms with van der Waals surface area (Å²) in [6.07, 6.45) is -3.17. The number of anilines is 1. The van der Waals surface area contributed by atoms with Gasteiger partial charge >= 0.3 is 18.3 Å². The van der Waals surface area contributed by atoms with Crippen molar-refractivity contribution in [2.45, 2.75) is 12.3 Å². The monoisotopic (exact) mass is 236 g/mol. The van der Waals surface area contributed by atoms with E-state index < -0.39 is 24.1 Å². The molecule has 0 fully saturated rings. The average Bonchev–Trinajstić information content (AvgIpc) is 2.64. The minimum Gasteiger partial charge on any atom is -0.304 e. The van der Waals surface area contributed by atoms with Crippen molar-refractivity contribution in [3.63, 3.8) is 0 Å². The first kappa shape index (κ1) is 12.0. The van der Waals surface area contributed by atoms with Crippen LogP contribution in [0.15, 0.2) is 6.20 Å². The number of nitriles is 1. The van der Waals surface area contributed by atoms with Crippen molar-refractivity contribution in [1.29, 1.82) is 5.26 Å². The van der Waals surface area contributed by atoms with Crippen LogP contribution in [0.25, 0.3) is 0 Å². The number of carbonyl (C=O) groups is 1. The van der Waals surface area contributed by atoms with E-state index in [-0.39, 0.29) is 5.56 Å². The lowest BCUT2D eigenvalue weighted by molar-refractivity contribution is -0.163. The molecule has 86 valence electrons. The maximum Gasteiger partial charge on any atom is 0.383 e. The van der Waals surface area contributed by atoms with Gasteiger partial charge in [-0.25, -0.2) is 8.78 Å². The first-order valence-corrected chi connectivity index (χ1v) is 3.80. The zero-order valence-electron chi connectivity index (χ0n) is 7.47. The van der Waals surface area contributed by atoms with E-state index in [4.69, 9.17) is 5.26 Å². The van der Waals surface area contributed by atoms with Gasteiger partial charge in [0, 0.05) is 0 Å². The van der Waals surface area contributed by atoms with Gasteiger partial charge in [-0.2, -0.15) is 19.1 Å². The van der Waals surface area contributed by atoms with Crippen molar-refractivity contribution in [3.8, 4) is 6.07 Å². The summed E-state index contributed by atoms with van der Waals surface area (Å²) in [6, 6.07) is 1.52. The fourth-order valence-electron chi connectivity index (χ4n) is 0.762. The van der Waals surface area contributed by atoms with Gasteiger partial charge in [-0.05, 0) is 0 Å². The molecule has 2 N–H and O–H groups in total. The van der Waals surface area contributed by atoms with Gasteiger partial charge in [-0.15, -0.1) is 0 Å². The molecule has 0 atom stereocenters. The Hall–Kier alpha value is -2.11. The van der Waals surface area contributed by atoms with Crippen LogP contribution in [0.4, 0.5) is 23.4 Å². The molecule has 0 unspecified atom stereocenters. The number of amides is 1. The highest BCUT2D eigenvalue weighted by atomic mass is 19.3. The topological polar surface area (TPSA) is 81.6 Å². The predicted molar refractivity (Wildman–Crippen MR) is 42.9 cm³/mol. The lowest BCUT2D eigenvalue weighted by atomic mass is 10.3. The Kier molecular flexibility index (Phi) is 3.12. The third-order valence-corrected chi connectivity index (χ3v) is 1.58. The van der Waals surface area contributed by atoms with E-state index in [1.165, 1.54) is 11.4 Å². The Bertz CT molecular complexity index is 436. The largest absolute Gasteiger partial charge is 0.383 e. The molecule has 9 heteroatoms. The molecular weight excluding hydrogens is 232 g/mol. The molecule has 1 heterocycles. The third kappa shape index (κ3) is 2.10. The molecule has 0 spiro atoms. The van der Waals surface area contributed by atoms with Crippen LogP contribution in [0, 0.1) is 11.3 Å². The van der Waals surface area contributed by atoms with Gasteiger partial charge in [-0.1, -0.05) is 0 Å². The molecule has 0 saturated carbocycles. The van der Waals surface area contributed by atoms with Crippen LogP contribution in [-0.2, 0) is 4.79 Å². The maximum absolute atomic E-state index is 12.5. The number of halogens is 4. The van der Waals surface area contributed by atoms with Gasteiger partial charge in [0.1, 0.15) is 17.5 Å². The summed E-state index contributed by atoms with van der Waals surface area (Å²) >= 11 is 0. The highest BCUT2D eigenvalue weighted by molar-refractivity contribution is 5.96. The van der Waals surface area contributed by atoms with Gasteiger partial charge in [-0.3, -0.25) is 9.89 Å². The molecule has 1 rings (SSSR count). The van der Waals surface area contributed by atoms with Crippen LogP contribution in [0.1, 0.15) is 5.56 Å². The zero-order valence-corrected chi connectivity index (χ0v) is 7.47. The zero-order chi connectivity index (χ0) is 12.3. The van der Waals surface area contributed by atoms with Gasteiger partial charge in [0.2, 0.25) is 0 Å². The summed E-state index contributed by atoms with van der Waals surface area (Å²) in [7, 11) is 0. The SMILES string of the molecule is N#Cc1cn[nH]c1NC(=O)C(F)(F)C(F)F. The lowest BCUT2D eigenvalue weighted by Crippen LogP contribution is -2.41. The van der Waals surface area contributed by atoms with E-state index in [1.54, 1.807) is 0 Å². The van der Waals surface area contributed by atoms with Crippen molar-refractivity contribution in [2.75, 3.05) is 5.32 Å². The second kappa shape index (κ2) is 4.18. The molecule has 0 saturated heterocycles. The van der Waals surface area contributed by atoms with Crippen LogP contribution in [0.2, 0.25) is 0 Å². The van der Waals surface area contributed by atoms with Gasteiger partial charge in [0.15, 0.2) is 0 Å². The number of carbonyl (C=O) groups excluding carboxylic acids is 1. The van der Waals surface area contributed by atoms with E-state index in [0.29, 0.717) is 0 Å². The summed E-state index contributed by atoms with van der Waals surface area (Å²) in [4.78, 5) is 10.7. The number of aromatic nitrogens is 2. The Morgan fingerprint density at radius 2 is 2.25 bits per heavy atom. The Balaban J connectivity index is 2.84. The number of hydrogen-bond acceptors (Lipinski definition) is 3. The van der Waals surface area contributed by atoms with Crippen molar-refractivity contribution >= 4 is 11.7 Å². The van der Waals surface area contributed by atoms with Crippen LogP contribution >= 0.6 is 0 Å². The molecule has 0 aliphatic carbocycles. The summed E-state index contributed by atoms with van der Waals surface area (Å²) in [6.45, 7) is 0. The lowest BCUT2D eigenvalue weighted by Gasteiger charge is -2.13. The van der Waals surface area contributed by atoms with E-state index >= 15 is 0 Å². The third-order valence-electron chi connectivity index (χ3n) is 1.58. The van der Waals surface area contributed by atoms with Gasteiger partial charge < -0.3 is 5.32 Å². The summed E-state index contributed by atoms with van der Waals surface area (Å²) in [5.41, 5.74) is -0.238. The van der Waals surface area contributed by atoms with Gasteiger partial charge in [0.25, 0.3) is 0 Å².